The van der Waals surface area contributed by atoms with Crippen molar-refractivity contribution >= 4 is 17.4 Å². The molecule has 24 heavy (non-hydrogen) atoms. The maximum atomic E-state index is 12.6. The number of rotatable bonds is 7. The molecule has 1 amide bonds. The van der Waals surface area contributed by atoms with E-state index in [1.807, 2.05) is 31.2 Å². The van der Waals surface area contributed by atoms with Crippen LogP contribution in [0.25, 0.3) is 0 Å². The summed E-state index contributed by atoms with van der Waals surface area (Å²) in [4.78, 5) is 24.6. The SMILES string of the molecule is C=C(CCC(=O)Nc1ccc(C)c(C(=O)c2ccccc2)c1)OC. The number of carbonyl (C=O) groups is 2. The zero-order valence-corrected chi connectivity index (χ0v) is 14.0. The average Bonchev–Trinajstić information content (AvgIpc) is 2.61. The third-order valence-electron chi connectivity index (χ3n) is 3.72. The van der Waals surface area contributed by atoms with Crippen molar-refractivity contribution in [3.63, 3.8) is 0 Å². The first kappa shape index (κ1) is 17.5. The third kappa shape index (κ3) is 4.56. The molecule has 0 bridgehead atoms. The maximum absolute atomic E-state index is 12.6. The number of hydrogen-bond donors (Lipinski definition) is 1. The van der Waals surface area contributed by atoms with Gasteiger partial charge in [0.1, 0.15) is 0 Å². The Hall–Kier alpha value is -2.88. The summed E-state index contributed by atoms with van der Waals surface area (Å²) in [5.74, 6) is 0.362. The van der Waals surface area contributed by atoms with Gasteiger partial charge in [-0.05, 0) is 24.6 Å². The van der Waals surface area contributed by atoms with Gasteiger partial charge in [0, 0.05) is 29.7 Å². The highest BCUT2D eigenvalue weighted by molar-refractivity contribution is 6.10. The number of carbonyl (C=O) groups excluding carboxylic acids is 2. The Labute approximate surface area is 142 Å². The molecule has 0 atom stereocenters. The smallest absolute Gasteiger partial charge is 0.224 e. The highest BCUT2D eigenvalue weighted by Gasteiger charge is 2.13. The number of amides is 1. The van der Waals surface area contributed by atoms with E-state index in [2.05, 4.69) is 11.9 Å². The van der Waals surface area contributed by atoms with Gasteiger partial charge in [0.2, 0.25) is 5.91 Å². The lowest BCUT2D eigenvalue weighted by atomic mass is 9.98. The second-order valence-corrected chi connectivity index (χ2v) is 5.52. The standard InChI is InChI=1S/C20H21NO3/c1-14-9-11-17(21-19(22)12-10-15(2)24-3)13-18(14)20(23)16-7-5-4-6-8-16/h4-9,11,13H,2,10,12H2,1,3H3,(H,21,22). The molecular formula is C20H21NO3. The van der Waals surface area contributed by atoms with Crippen LogP contribution in [-0.2, 0) is 9.53 Å². The van der Waals surface area contributed by atoms with Crippen LogP contribution in [0.5, 0.6) is 0 Å². The van der Waals surface area contributed by atoms with Crippen LogP contribution in [0.15, 0.2) is 60.9 Å². The normalized spacial score (nSPS) is 10.1. The quantitative estimate of drug-likeness (QED) is 0.616. The lowest BCUT2D eigenvalue weighted by molar-refractivity contribution is -0.116. The van der Waals surface area contributed by atoms with Gasteiger partial charge in [-0.3, -0.25) is 9.59 Å². The number of nitrogens with one attached hydrogen (secondary N) is 1. The third-order valence-corrected chi connectivity index (χ3v) is 3.72. The fourth-order valence-corrected chi connectivity index (χ4v) is 2.27. The maximum Gasteiger partial charge on any atom is 0.224 e. The van der Waals surface area contributed by atoms with Crippen LogP contribution in [0.1, 0.15) is 34.3 Å². The monoisotopic (exact) mass is 323 g/mol. The summed E-state index contributed by atoms with van der Waals surface area (Å²) in [6.07, 6.45) is 0.743. The zero-order chi connectivity index (χ0) is 17.5. The largest absolute Gasteiger partial charge is 0.502 e. The van der Waals surface area contributed by atoms with E-state index in [-0.39, 0.29) is 18.1 Å². The fourth-order valence-electron chi connectivity index (χ4n) is 2.27. The van der Waals surface area contributed by atoms with Crippen molar-refractivity contribution in [1.82, 2.24) is 0 Å². The summed E-state index contributed by atoms with van der Waals surface area (Å²) in [7, 11) is 1.53. The lowest BCUT2D eigenvalue weighted by Gasteiger charge is -2.10. The molecular weight excluding hydrogens is 302 g/mol. The molecule has 2 aromatic carbocycles. The first-order valence-electron chi connectivity index (χ1n) is 7.73. The van der Waals surface area contributed by atoms with Gasteiger partial charge in [-0.2, -0.15) is 0 Å². The van der Waals surface area contributed by atoms with Gasteiger partial charge in [0.25, 0.3) is 0 Å². The van der Waals surface area contributed by atoms with Gasteiger partial charge in [-0.1, -0.05) is 43.0 Å². The number of aryl methyl sites for hydroxylation is 1. The molecule has 0 heterocycles. The van der Waals surface area contributed by atoms with Crippen LogP contribution in [0, 0.1) is 6.92 Å². The summed E-state index contributed by atoms with van der Waals surface area (Å²) < 4.78 is 4.95. The van der Waals surface area contributed by atoms with Crippen molar-refractivity contribution in [2.45, 2.75) is 19.8 Å². The summed E-state index contributed by atoms with van der Waals surface area (Å²) in [6, 6.07) is 14.4. The number of hydrogen-bond acceptors (Lipinski definition) is 3. The second kappa shape index (κ2) is 8.11. The van der Waals surface area contributed by atoms with Crippen LogP contribution < -0.4 is 5.32 Å². The average molecular weight is 323 g/mol. The lowest BCUT2D eigenvalue weighted by Crippen LogP contribution is -2.13. The Morgan fingerprint density at radius 1 is 1.08 bits per heavy atom. The van der Waals surface area contributed by atoms with Crippen LogP contribution in [0.2, 0.25) is 0 Å². The molecule has 0 unspecified atom stereocenters. The number of ketones is 1. The summed E-state index contributed by atoms with van der Waals surface area (Å²) >= 11 is 0. The van der Waals surface area contributed by atoms with Gasteiger partial charge in [0.15, 0.2) is 5.78 Å². The van der Waals surface area contributed by atoms with Crippen LogP contribution >= 0.6 is 0 Å². The highest BCUT2D eigenvalue weighted by atomic mass is 16.5. The minimum Gasteiger partial charge on any atom is -0.502 e. The Kier molecular flexibility index (Phi) is 5.90. The van der Waals surface area contributed by atoms with E-state index in [1.165, 1.54) is 7.11 Å². The van der Waals surface area contributed by atoms with Crippen molar-refractivity contribution in [2.75, 3.05) is 12.4 Å². The molecule has 0 saturated heterocycles. The van der Waals surface area contributed by atoms with Crippen molar-refractivity contribution in [1.29, 1.82) is 0 Å². The van der Waals surface area contributed by atoms with E-state index < -0.39 is 0 Å². The van der Waals surface area contributed by atoms with E-state index in [1.54, 1.807) is 24.3 Å². The molecule has 4 heteroatoms. The highest BCUT2D eigenvalue weighted by Crippen LogP contribution is 2.19. The molecule has 0 saturated carbocycles. The molecule has 0 radical (unpaired) electrons. The minimum absolute atomic E-state index is 0.0584. The van der Waals surface area contributed by atoms with Crippen molar-refractivity contribution in [3.05, 3.63) is 77.6 Å². The molecule has 0 aliphatic rings. The van der Waals surface area contributed by atoms with Gasteiger partial charge in [-0.15, -0.1) is 0 Å². The molecule has 2 aromatic rings. The molecule has 0 aromatic heterocycles. The molecule has 0 spiro atoms. The second-order valence-electron chi connectivity index (χ2n) is 5.52. The number of benzene rings is 2. The van der Waals surface area contributed by atoms with E-state index in [0.29, 0.717) is 29.0 Å². The summed E-state index contributed by atoms with van der Waals surface area (Å²) in [6.45, 7) is 5.57. The number of anilines is 1. The molecule has 4 nitrogen and oxygen atoms in total. The van der Waals surface area contributed by atoms with E-state index in [4.69, 9.17) is 4.74 Å². The fraction of sp³-hybridized carbons (Fsp3) is 0.200. The summed E-state index contributed by atoms with van der Waals surface area (Å²) in [5.41, 5.74) is 2.68. The van der Waals surface area contributed by atoms with E-state index >= 15 is 0 Å². The molecule has 0 aliphatic carbocycles. The predicted molar refractivity (Wildman–Crippen MR) is 95.1 cm³/mol. The molecule has 1 N–H and O–H groups in total. The predicted octanol–water partition coefficient (Wildman–Crippen LogP) is 4.10. The van der Waals surface area contributed by atoms with Gasteiger partial charge < -0.3 is 10.1 Å². The van der Waals surface area contributed by atoms with Crippen molar-refractivity contribution < 1.29 is 14.3 Å². The van der Waals surface area contributed by atoms with Crippen LogP contribution in [-0.4, -0.2) is 18.8 Å². The summed E-state index contributed by atoms with van der Waals surface area (Å²) in [5, 5.41) is 2.81. The zero-order valence-electron chi connectivity index (χ0n) is 14.0. The number of allylic oxidation sites excluding steroid dienone is 1. The van der Waals surface area contributed by atoms with Gasteiger partial charge in [0.05, 0.1) is 12.9 Å². The Balaban J connectivity index is 2.12. The van der Waals surface area contributed by atoms with Crippen LogP contribution in [0.4, 0.5) is 5.69 Å². The first-order valence-corrected chi connectivity index (χ1v) is 7.73. The topological polar surface area (TPSA) is 55.4 Å². The Bertz CT molecular complexity index is 751. The molecule has 0 aliphatic heterocycles. The molecule has 0 fully saturated rings. The number of ether oxygens (including phenoxy) is 1. The van der Waals surface area contributed by atoms with E-state index in [9.17, 15) is 9.59 Å². The minimum atomic E-state index is -0.143. The van der Waals surface area contributed by atoms with Gasteiger partial charge in [-0.25, -0.2) is 0 Å². The Morgan fingerprint density at radius 3 is 2.46 bits per heavy atom. The van der Waals surface area contributed by atoms with Crippen LogP contribution in [0.3, 0.4) is 0 Å². The first-order chi connectivity index (χ1) is 11.5. The van der Waals surface area contributed by atoms with E-state index in [0.717, 1.165) is 5.56 Å². The van der Waals surface area contributed by atoms with Gasteiger partial charge >= 0.3 is 0 Å². The molecule has 124 valence electrons. The molecule has 2 rings (SSSR count). The Morgan fingerprint density at radius 2 is 1.79 bits per heavy atom. The van der Waals surface area contributed by atoms with Crippen molar-refractivity contribution in [3.8, 4) is 0 Å². The van der Waals surface area contributed by atoms with Crippen molar-refractivity contribution in [2.24, 2.45) is 0 Å². The number of methoxy groups -OCH3 is 1.